The summed E-state index contributed by atoms with van der Waals surface area (Å²) in [5, 5.41) is 9.39. The summed E-state index contributed by atoms with van der Waals surface area (Å²) < 4.78 is 10.5. The Kier molecular flexibility index (Phi) is 4.85. The van der Waals surface area contributed by atoms with Crippen LogP contribution in [-0.4, -0.2) is 41.4 Å². The lowest BCUT2D eigenvalue weighted by Crippen LogP contribution is -2.36. The highest BCUT2D eigenvalue weighted by Crippen LogP contribution is 2.39. The normalized spacial score (nSPS) is 16.4. The minimum Gasteiger partial charge on any atom is -0.481 e. The number of methoxy groups -OCH3 is 1. The van der Waals surface area contributed by atoms with E-state index in [1.165, 1.54) is 7.11 Å². The van der Waals surface area contributed by atoms with Crippen LogP contribution in [0.2, 0.25) is 0 Å². The van der Waals surface area contributed by atoms with E-state index < -0.39 is 11.4 Å². The number of carboxylic acid groups (broad SMARTS) is 1. The second kappa shape index (κ2) is 7.06. The van der Waals surface area contributed by atoms with Crippen LogP contribution in [0.5, 0.6) is 6.01 Å². The monoisotopic (exact) mass is 343 g/mol. The van der Waals surface area contributed by atoms with Crippen LogP contribution in [0.1, 0.15) is 24.8 Å². The minimum atomic E-state index is -0.805. The lowest BCUT2D eigenvalue weighted by Gasteiger charge is -2.36. The number of benzene rings is 1. The molecule has 0 bridgehead atoms. The SMILES string of the molecule is COc1nc(N)cc(-c2cccc(C3(CC(=O)O)CCOCC3)c2)n1. The number of nitrogens with zero attached hydrogens (tertiary/aromatic N) is 2. The van der Waals surface area contributed by atoms with Gasteiger partial charge in [-0.3, -0.25) is 4.79 Å². The van der Waals surface area contributed by atoms with E-state index in [0.29, 0.717) is 37.6 Å². The average molecular weight is 343 g/mol. The Labute approximate surface area is 145 Å². The van der Waals surface area contributed by atoms with Gasteiger partial charge in [-0.05, 0) is 24.5 Å². The van der Waals surface area contributed by atoms with Gasteiger partial charge < -0.3 is 20.3 Å². The van der Waals surface area contributed by atoms with Crippen molar-refractivity contribution in [2.75, 3.05) is 26.1 Å². The number of hydrogen-bond acceptors (Lipinski definition) is 6. The van der Waals surface area contributed by atoms with Crippen molar-refractivity contribution in [3.63, 3.8) is 0 Å². The van der Waals surface area contributed by atoms with Crippen molar-refractivity contribution in [3.8, 4) is 17.3 Å². The third-order valence-corrected chi connectivity index (χ3v) is 4.62. The fraction of sp³-hybridized carbons (Fsp3) is 0.389. The Morgan fingerprint density at radius 2 is 2.08 bits per heavy atom. The van der Waals surface area contributed by atoms with E-state index >= 15 is 0 Å². The molecule has 7 nitrogen and oxygen atoms in total. The van der Waals surface area contributed by atoms with Gasteiger partial charge in [0, 0.05) is 30.3 Å². The zero-order valence-electron chi connectivity index (χ0n) is 14.1. The summed E-state index contributed by atoms with van der Waals surface area (Å²) in [5.41, 5.74) is 7.86. The molecule has 1 saturated heterocycles. The van der Waals surface area contributed by atoms with E-state index in [0.717, 1.165) is 11.1 Å². The first-order valence-electron chi connectivity index (χ1n) is 8.11. The molecule has 7 heteroatoms. The molecule has 0 atom stereocenters. The predicted octanol–water partition coefficient (Wildman–Crippen LogP) is 2.26. The Morgan fingerprint density at radius 3 is 2.76 bits per heavy atom. The molecule has 25 heavy (non-hydrogen) atoms. The summed E-state index contributed by atoms with van der Waals surface area (Å²) in [4.78, 5) is 19.8. The maximum absolute atomic E-state index is 11.4. The van der Waals surface area contributed by atoms with Crippen molar-refractivity contribution in [2.24, 2.45) is 0 Å². The molecule has 132 valence electrons. The predicted molar refractivity (Wildman–Crippen MR) is 92.4 cm³/mol. The molecule has 1 aliphatic rings. The topological polar surface area (TPSA) is 108 Å². The Bertz CT molecular complexity index is 773. The van der Waals surface area contributed by atoms with Crippen LogP contribution in [-0.2, 0) is 14.9 Å². The molecule has 0 amide bonds. The maximum Gasteiger partial charge on any atom is 0.318 e. The molecule has 2 aromatic rings. The molecular weight excluding hydrogens is 322 g/mol. The number of anilines is 1. The third-order valence-electron chi connectivity index (χ3n) is 4.62. The Morgan fingerprint density at radius 1 is 1.32 bits per heavy atom. The number of hydrogen-bond donors (Lipinski definition) is 2. The van der Waals surface area contributed by atoms with Crippen LogP contribution in [0.15, 0.2) is 30.3 Å². The van der Waals surface area contributed by atoms with Gasteiger partial charge >= 0.3 is 12.0 Å². The van der Waals surface area contributed by atoms with E-state index in [2.05, 4.69) is 9.97 Å². The summed E-state index contributed by atoms with van der Waals surface area (Å²) >= 11 is 0. The van der Waals surface area contributed by atoms with Gasteiger partial charge in [0.1, 0.15) is 5.82 Å². The van der Waals surface area contributed by atoms with Gasteiger partial charge in [0.05, 0.1) is 19.2 Å². The van der Waals surface area contributed by atoms with Gasteiger partial charge in [0.15, 0.2) is 0 Å². The Hall–Kier alpha value is -2.67. The molecule has 0 radical (unpaired) electrons. The quantitative estimate of drug-likeness (QED) is 0.857. The summed E-state index contributed by atoms with van der Waals surface area (Å²) in [6.07, 6.45) is 1.44. The van der Waals surface area contributed by atoms with Crippen LogP contribution >= 0.6 is 0 Å². The third kappa shape index (κ3) is 3.71. The van der Waals surface area contributed by atoms with E-state index in [-0.39, 0.29) is 12.4 Å². The first-order valence-corrected chi connectivity index (χ1v) is 8.11. The van der Waals surface area contributed by atoms with E-state index in [1.807, 2.05) is 24.3 Å². The number of ether oxygens (including phenoxy) is 2. The molecule has 1 aromatic carbocycles. The molecule has 2 heterocycles. The van der Waals surface area contributed by atoms with Crippen molar-refractivity contribution in [2.45, 2.75) is 24.7 Å². The summed E-state index contributed by atoms with van der Waals surface area (Å²) in [6.45, 7) is 1.12. The fourth-order valence-electron chi connectivity index (χ4n) is 3.31. The number of nitrogens with two attached hydrogens (primary N) is 1. The molecular formula is C18H21N3O4. The highest BCUT2D eigenvalue weighted by atomic mass is 16.5. The molecule has 0 aliphatic carbocycles. The lowest BCUT2D eigenvalue weighted by atomic mass is 9.71. The van der Waals surface area contributed by atoms with Gasteiger partial charge in [0.25, 0.3) is 0 Å². The molecule has 1 aromatic heterocycles. The molecule has 0 spiro atoms. The first-order chi connectivity index (χ1) is 12.0. The zero-order chi connectivity index (χ0) is 17.9. The first kappa shape index (κ1) is 17.2. The number of aromatic nitrogens is 2. The highest BCUT2D eigenvalue weighted by Gasteiger charge is 2.36. The number of aliphatic carboxylic acids is 1. The second-order valence-electron chi connectivity index (χ2n) is 6.21. The van der Waals surface area contributed by atoms with Gasteiger partial charge in [-0.1, -0.05) is 18.2 Å². The molecule has 1 fully saturated rings. The molecule has 3 rings (SSSR count). The molecule has 0 unspecified atom stereocenters. The highest BCUT2D eigenvalue weighted by molar-refractivity contribution is 5.70. The van der Waals surface area contributed by atoms with Gasteiger partial charge in [0.2, 0.25) is 0 Å². The average Bonchev–Trinajstić information content (AvgIpc) is 2.61. The maximum atomic E-state index is 11.4. The number of nitrogen functional groups attached to an aromatic ring is 1. The van der Waals surface area contributed by atoms with E-state index in [9.17, 15) is 9.90 Å². The summed E-state index contributed by atoms with van der Waals surface area (Å²) in [7, 11) is 1.48. The van der Waals surface area contributed by atoms with Gasteiger partial charge in [-0.15, -0.1) is 0 Å². The fourth-order valence-corrected chi connectivity index (χ4v) is 3.31. The standard InChI is InChI=1S/C18H21N3O4/c1-24-17-20-14(10-15(19)21-17)12-3-2-4-13(9-12)18(11-16(22)23)5-7-25-8-6-18/h2-4,9-10H,5-8,11H2,1H3,(H,22,23)(H2,19,20,21). The van der Waals surface area contributed by atoms with Gasteiger partial charge in [-0.2, -0.15) is 9.97 Å². The van der Waals surface area contributed by atoms with Crippen molar-refractivity contribution in [1.29, 1.82) is 0 Å². The van der Waals surface area contributed by atoms with E-state index in [1.54, 1.807) is 6.07 Å². The van der Waals surface area contributed by atoms with Crippen LogP contribution in [0.25, 0.3) is 11.3 Å². The van der Waals surface area contributed by atoms with Crippen molar-refractivity contribution in [3.05, 3.63) is 35.9 Å². The van der Waals surface area contributed by atoms with Crippen LogP contribution in [0.3, 0.4) is 0 Å². The summed E-state index contributed by atoms with van der Waals surface area (Å²) in [6, 6.07) is 9.66. The second-order valence-corrected chi connectivity index (χ2v) is 6.21. The number of carbonyl (C=O) groups is 1. The number of carboxylic acids is 1. The van der Waals surface area contributed by atoms with E-state index in [4.69, 9.17) is 15.2 Å². The molecule has 3 N–H and O–H groups in total. The smallest absolute Gasteiger partial charge is 0.318 e. The number of rotatable bonds is 5. The largest absolute Gasteiger partial charge is 0.481 e. The Balaban J connectivity index is 2.03. The molecule has 0 saturated carbocycles. The zero-order valence-corrected chi connectivity index (χ0v) is 14.1. The van der Waals surface area contributed by atoms with Crippen molar-refractivity contribution >= 4 is 11.8 Å². The van der Waals surface area contributed by atoms with Crippen LogP contribution in [0.4, 0.5) is 5.82 Å². The summed E-state index contributed by atoms with van der Waals surface area (Å²) in [5.74, 6) is -0.487. The molecule has 1 aliphatic heterocycles. The van der Waals surface area contributed by atoms with Crippen LogP contribution in [0, 0.1) is 0 Å². The van der Waals surface area contributed by atoms with Gasteiger partial charge in [-0.25, -0.2) is 0 Å². The van der Waals surface area contributed by atoms with Crippen LogP contribution < -0.4 is 10.5 Å². The van der Waals surface area contributed by atoms with Crippen molar-refractivity contribution in [1.82, 2.24) is 9.97 Å². The minimum absolute atomic E-state index is 0.0784. The lowest BCUT2D eigenvalue weighted by molar-refractivity contribution is -0.139. The van der Waals surface area contributed by atoms with Crippen molar-refractivity contribution < 1.29 is 19.4 Å².